The highest BCUT2D eigenvalue weighted by Gasteiger charge is 2.37. The Balaban J connectivity index is 0.000000112. The van der Waals surface area contributed by atoms with Gasteiger partial charge in [-0.2, -0.15) is 40.4 Å². The van der Waals surface area contributed by atoms with E-state index in [1.807, 2.05) is 6.07 Å². The average molecular weight is 1650 g/mol. The van der Waals surface area contributed by atoms with Crippen molar-refractivity contribution in [1.29, 1.82) is 5.26 Å². The molecule has 23 nitrogen and oxygen atoms in total. The maximum Gasteiger partial charge on any atom is 0.416 e. The van der Waals surface area contributed by atoms with Crippen molar-refractivity contribution >= 4 is 77.6 Å². The third-order valence-corrected chi connectivity index (χ3v) is 19.9. The fraction of sp³-hybridized carbons (Fsp3) is 0.0714. The number of non-ortho nitro benzene ring substituents is 1. The molecule has 10 aromatic carbocycles. The molecule has 0 saturated carbocycles. The van der Waals surface area contributed by atoms with Gasteiger partial charge in [-0.05, 0) is 132 Å². The van der Waals surface area contributed by atoms with E-state index in [2.05, 4.69) is 0 Å². The number of ether oxygens (including phenoxy) is 5. The molecule has 3 N–H and O–H groups in total. The highest BCUT2D eigenvalue weighted by Crippen LogP contribution is 2.50. The molecule has 120 heavy (non-hydrogen) atoms. The summed E-state index contributed by atoms with van der Waals surface area (Å²) in [7, 11) is 0. The number of nitro benzene ring substituents is 1. The first-order chi connectivity index (χ1) is 56.8. The second kappa shape index (κ2) is 28.3. The highest BCUT2D eigenvalue weighted by atomic mass is 19.4. The Hall–Kier alpha value is -15.8. The molecule has 15 aromatic rings. The summed E-state index contributed by atoms with van der Waals surface area (Å²) in [6.45, 7) is 7.63. The van der Waals surface area contributed by atoms with Crippen LogP contribution in [0.4, 0.5) is 68.5 Å². The number of nitriles is 1. The number of carboxylic acid groups (broad SMARTS) is 1. The molecular weight excluding hydrogens is 1610 g/mol. The van der Waals surface area contributed by atoms with Crippen molar-refractivity contribution in [2.45, 2.75) is 40.8 Å². The first kappa shape index (κ1) is 78.1. The van der Waals surface area contributed by atoms with Crippen LogP contribution in [0.2, 0.25) is 0 Å². The number of aryl methyl sites for hydroxylation is 4. The number of benzene rings is 10. The zero-order valence-corrected chi connectivity index (χ0v) is 61.2. The molecule has 36 heteroatoms. The first-order valence-electron chi connectivity index (χ1n) is 34.8. The Labute approximate surface area is 658 Å². The lowest BCUT2D eigenvalue weighted by Crippen LogP contribution is -2.21. The number of anilines is 1. The normalized spacial score (nSPS) is 12.1. The van der Waals surface area contributed by atoms with Gasteiger partial charge in [0.05, 0.1) is 83.6 Å². The van der Waals surface area contributed by atoms with Crippen molar-refractivity contribution in [2.24, 2.45) is 0 Å². The average Bonchev–Trinajstić information content (AvgIpc) is 0.743. The Morgan fingerprint density at radius 1 is 0.425 bits per heavy atom. The van der Waals surface area contributed by atoms with Gasteiger partial charge < -0.3 is 57.4 Å². The zero-order valence-electron chi connectivity index (χ0n) is 61.2. The predicted molar refractivity (Wildman–Crippen MR) is 404 cm³/mol. The van der Waals surface area contributed by atoms with Crippen molar-refractivity contribution in [3.63, 3.8) is 0 Å². The molecule has 20 rings (SSSR count). The number of Topliss-reactive ketones (excluding diaryl/α,β-unsaturated/α-hetero) is 1. The minimum Gasteiger partial charge on any atom is -0.477 e. The third-order valence-electron chi connectivity index (χ3n) is 19.9. The number of nitrogens with zero attached hydrogens (tertiary/aromatic N) is 7. The van der Waals surface area contributed by atoms with Crippen LogP contribution >= 0.6 is 0 Å². The number of fused-ring (bicyclic) bond motifs is 10. The van der Waals surface area contributed by atoms with Gasteiger partial charge in [-0.15, -0.1) is 0 Å². The molecule has 600 valence electrons. The van der Waals surface area contributed by atoms with E-state index in [0.29, 0.717) is 68.4 Å². The smallest absolute Gasteiger partial charge is 0.416 e. The number of halogens is 13. The van der Waals surface area contributed by atoms with E-state index in [1.54, 1.807) is 66.6 Å². The second-order valence-electron chi connectivity index (χ2n) is 27.4. The predicted octanol–water partition coefficient (Wildman–Crippen LogP) is 18.4. The Morgan fingerprint density at radius 3 is 1.08 bits per heavy atom. The second-order valence-corrected chi connectivity index (χ2v) is 27.4. The molecule has 10 heterocycles. The number of aromatic carboxylic acids is 1. The number of nitrogens with two attached hydrogens (primary N) is 1. The van der Waals surface area contributed by atoms with Gasteiger partial charge in [0.2, 0.25) is 34.5 Å². The number of pyridine rings is 5. The summed E-state index contributed by atoms with van der Waals surface area (Å²) in [4.78, 5) is 94.5. The number of rotatable bonds is 3. The summed E-state index contributed by atoms with van der Waals surface area (Å²) in [6, 6.07) is 26.4. The molecular formula is C84H43F13N8O15. The van der Waals surface area contributed by atoms with Crippen LogP contribution in [0, 0.1) is 107 Å². The van der Waals surface area contributed by atoms with E-state index < -0.39 is 120 Å². The molecule has 0 aliphatic carbocycles. The minimum atomic E-state index is -4.62. The molecule has 0 bridgehead atoms. The monoisotopic (exact) mass is 1650 g/mol. The van der Waals surface area contributed by atoms with Gasteiger partial charge in [-0.1, -0.05) is 0 Å². The lowest BCUT2D eigenvalue weighted by molar-refractivity contribution is -0.384. The van der Waals surface area contributed by atoms with Crippen LogP contribution in [0.15, 0.2) is 176 Å². The molecule has 5 aliphatic rings. The summed E-state index contributed by atoms with van der Waals surface area (Å²) in [5.74, 6) is -16.0. The fourth-order valence-electron chi connectivity index (χ4n) is 14.2. The number of carboxylic acids is 1. The van der Waals surface area contributed by atoms with Crippen LogP contribution in [-0.4, -0.2) is 44.6 Å². The number of hydrogen-bond acceptors (Lipinski definition) is 16. The van der Waals surface area contributed by atoms with Gasteiger partial charge in [0, 0.05) is 82.7 Å². The molecule has 0 radical (unpaired) electrons. The zero-order chi connectivity index (χ0) is 85.9. The molecule has 0 saturated heterocycles. The summed E-state index contributed by atoms with van der Waals surface area (Å²) in [6.07, 6.45) is 2.39. The van der Waals surface area contributed by atoms with Crippen LogP contribution in [0.1, 0.15) is 61.0 Å². The molecule has 0 atom stereocenters. The number of aromatic nitrogens is 5. The Kier molecular flexibility index (Phi) is 18.4. The van der Waals surface area contributed by atoms with Gasteiger partial charge in [0.1, 0.15) is 33.1 Å². The quantitative estimate of drug-likeness (QED) is 0.0546. The van der Waals surface area contributed by atoms with Crippen molar-refractivity contribution in [3.05, 3.63) is 316 Å². The van der Waals surface area contributed by atoms with Crippen LogP contribution in [-0.2, 0) is 6.18 Å². The maximum atomic E-state index is 14.2. The summed E-state index contributed by atoms with van der Waals surface area (Å²) in [5, 5.41) is 28.8. The largest absolute Gasteiger partial charge is 0.477 e. The minimum absolute atomic E-state index is 0.00514. The van der Waals surface area contributed by atoms with E-state index in [4.69, 9.17) is 34.7 Å². The van der Waals surface area contributed by atoms with Crippen LogP contribution in [0.5, 0.6) is 57.5 Å². The van der Waals surface area contributed by atoms with Gasteiger partial charge in [-0.25, -0.2) is 26.7 Å². The van der Waals surface area contributed by atoms with E-state index >= 15 is 0 Å². The lowest BCUT2D eigenvalue weighted by Gasteiger charge is -2.24. The number of carbonyl (C=O) groups excluding carboxylic acids is 1. The molecule has 5 aliphatic heterocycles. The molecule has 0 amide bonds. The van der Waals surface area contributed by atoms with E-state index in [0.717, 1.165) is 48.7 Å². The number of hydrogen-bond donors (Lipinski definition) is 2. The van der Waals surface area contributed by atoms with Gasteiger partial charge >= 0.3 is 12.1 Å². The van der Waals surface area contributed by atoms with Gasteiger partial charge in [0.15, 0.2) is 114 Å². The number of ketones is 1. The van der Waals surface area contributed by atoms with E-state index in [1.165, 1.54) is 82.4 Å². The first-order valence-corrected chi connectivity index (χ1v) is 34.8. The third kappa shape index (κ3) is 12.5. The van der Waals surface area contributed by atoms with Gasteiger partial charge in [-0.3, -0.25) is 38.9 Å². The number of nitrogen functional groups attached to an aromatic ring is 1. The standard InChI is InChI=1S/C18H11F2NO3.C17H8F5NO2.C17H8F2N2O2.2C16H8F2N2O4/c1-8-7-21-13-4-3-10(9(2)22)5-14(13)24-18-15(20)12(19)6-11(16(18)21)17(8)23;1-7-6-23-11-3-2-8(17(20,21)22)4-12(11)25-16-13(19)10(18)5-9(14(16)23)15(7)24;1-8-7-21-12-3-2-9(6-20)4-13(12)23-17-14(19)11(18)5-10(15(17)21)16(8)22;1-7-6-19-11-3-2-8(20(22)23)4-12(11)24-16-13(18)10(17)5-9(14(16)19)15(7)21;17-9-4-7-13-15(12(9)18)24-11-3-6(19)1-2-10(11)20(13)5-8(14(7)21)16(22)23/h3-7H,1-2H3;2-6H,1H3;2-5,7H,1H3;2-6H,1H3;1-5H,19H2,(H,22,23). The van der Waals surface area contributed by atoms with Crippen LogP contribution < -0.4 is 56.6 Å². The Morgan fingerprint density at radius 2 is 0.733 bits per heavy atom. The summed E-state index contributed by atoms with van der Waals surface area (Å²) >= 11 is 0. The maximum absolute atomic E-state index is 14.2. The topological polar surface area (TPSA) is 303 Å². The van der Waals surface area contributed by atoms with Crippen LogP contribution in [0.25, 0.3) is 83.0 Å². The highest BCUT2D eigenvalue weighted by molar-refractivity contribution is 5.99. The van der Waals surface area contributed by atoms with Gasteiger partial charge in [0.25, 0.3) is 5.69 Å². The number of alkyl halides is 3. The Bertz CT molecular complexity index is 7480. The van der Waals surface area contributed by atoms with Crippen molar-refractivity contribution < 1.29 is 100 Å². The number of carbonyl (C=O) groups is 2. The fourth-order valence-corrected chi connectivity index (χ4v) is 14.2. The molecule has 5 aromatic heterocycles. The number of nitro groups is 1. The van der Waals surface area contributed by atoms with Crippen molar-refractivity contribution in [3.8, 4) is 92.0 Å². The van der Waals surface area contributed by atoms with E-state index in [9.17, 15) is 106 Å². The molecule has 0 fully saturated rings. The van der Waals surface area contributed by atoms with Crippen LogP contribution in [0.3, 0.4) is 0 Å². The summed E-state index contributed by atoms with van der Waals surface area (Å²) < 4.78 is 213. The van der Waals surface area contributed by atoms with Crippen molar-refractivity contribution in [2.75, 3.05) is 5.73 Å². The SMILES string of the molecule is CC(=O)c1ccc2c(c1)Oc1c(F)c(F)cc3c(=O)c(C)cn-2c13.Cc1cn2c3c(c(F)c(F)cc3c1=O)Oc1cc(C#N)ccc1-2.Cc1cn2c3c(c(F)c(F)cc3c1=O)Oc1cc(C(F)(F)F)ccc1-2.Cc1cn2c3c(c(F)c(F)cc3c1=O)Oc1cc([N+](=O)[O-])ccc1-2.Nc1ccc2c(c1)Oc1c(F)c(F)cc3c(=O)c(C(=O)O)cn-2c13. The van der Waals surface area contributed by atoms with Crippen molar-refractivity contribution in [1.82, 2.24) is 22.8 Å². The molecule has 0 spiro atoms. The lowest BCUT2D eigenvalue weighted by atomic mass is 10.1. The summed E-state index contributed by atoms with van der Waals surface area (Å²) in [5.41, 5.74) is 6.06. The van der Waals surface area contributed by atoms with E-state index in [-0.39, 0.29) is 128 Å². The molecule has 0 unspecified atom stereocenters.